The summed E-state index contributed by atoms with van der Waals surface area (Å²) in [6.45, 7) is 2.02. The quantitative estimate of drug-likeness (QED) is 0.391. The highest BCUT2D eigenvalue weighted by molar-refractivity contribution is 5.22. The molecule has 0 amide bonds. The molecule has 1 aliphatic carbocycles. The summed E-state index contributed by atoms with van der Waals surface area (Å²) in [7, 11) is 0. The van der Waals surface area contributed by atoms with Crippen molar-refractivity contribution in [3.8, 4) is 0 Å². The van der Waals surface area contributed by atoms with Gasteiger partial charge in [-0.15, -0.1) is 0 Å². The van der Waals surface area contributed by atoms with E-state index in [4.69, 9.17) is 0 Å². The fourth-order valence-electron chi connectivity index (χ4n) is 3.47. The van der Waals surface area contributed by atoms with Crippen LogP contribution in [0.3, 0.4) is 0 Å². The first-order chi connectivity index (χ1) is 10.8. The molecule has 1 aliphatic rings. The summed E-state index contributed by atoms with van der Waals surface area (Å²) in [5.41, 5.74) is 2.93. The van der Waals surface area contributed by atoms with Crippen LogP contribution in [0.1, 0.15) is 63.0 Å². The zero-order valence-corrected chi connectivity index (χ0v) is 14.1. The number of benzene rings is 1. The van der Waals surface area contributed by atoms with Crippen molar-refractivity contribution < 1.29 is 4.39 Å². The number of allylic oxidation sites excluding steroid dienone is 2. The van der Waals surface area contributed by atoms with Crippen molar-refractivity contribution in [2.75, 3.05) is 6.67 Å². The molecule has 0 heterocycles. The van der Waals surface area contributed by atoms with Gasteiger partial charge in [0, 0.05) is 0 Å². The molecule has 0 N–H and O–H groups in total. The first-order valence-corrected chi connectivity index (χ1v) is 9.12. The molecule has 0 bridgehead atoms. The van der Waals surface area contributed by atoms with Gasteiger partial charge in [0.2, 0.25) is 0 Å². The summed E-state index contributed by atoms with van der Waals surface area (Å²) in [5.74, 6) is 1.65. The van der Waals surface area contributed by atoms with E-state index in [1.54, 1.807) is 0 Å². The van der Waals surface area contributed by atoms with E-state index in [0.29, 0.717) is 6.42 Å². The van der Waals surface area contributed by atoms with Crippen molar-refractivity contribution >= 4 is 0 Å². The lowest BCUT2D eigenvalue weighted by Gasteiger charge is -2.26. The maximum Gasteiger partial charge on any atom is 0.0897 e. The lowest BCUT2D eigenvalue weighted by Crippen LogP contribution is -2.13. The smallest absolute Gasteiger partial charge is 0.0897 e. The number of halogens is 1. The second-order valence-corrected chi connectivity index (χ2v) is 6.75. The second kappa shape index (κ2) is 9.82. The number of hydrogen-bond donors (Lipinski definition) is 0. The molecular formula is C21H31F. The first kappa shape index (κ1) is 17.2. The van der Waals surface area contributed by atoms with E-state index in [0.717, 1.165) is 24.7 Å². The maximum atomic E-state index is 12.0. The molecule has 0 spiro atoms. The van der Waals surface area contributed by atoms with Crippen LogP contribution in [-0.4, -0.2) is 6.67 Å². The van der Waals surface area contributed by atoms with Gasteiger partial charge in [0.05, 0.1) is 6.67 Å². The minimum atomic E-state index is -0.184. The molecule has 2 rings (SSSR count). The van der Waals surface area contributed by atoms with Crippen LogP contribution in [0.25, 0.3) is 0 Å². The Kier molecular flexibility index (Phi) is 7.70. The molecule has 1 aromatic rings. The van der Waals surface area contributed by atoms with Crippen LogP contribution in [0.15, 0.2) is 36.4 Å². The molecule has 0 radical (unpaired) electrons. The molecule has 1 saturated carbocycles. The first-order valence-electron chi connectivity index (χ1n) is 9.12. The van der Waals surface area contributed by atoms with E-state index in [1.165, 1.54) is 49.7 Å². The molecule has 0 nitrogen and oxygen atoms in total. The van der Waals surface area contributed by atoms with E-state index < -0.39 is 0 Å². The van der Waals surface area contributed by atoms with Crippen molar-refractivity contribution in [2.24, 2.45) is 11.8 Å². The monoisotopic (exact) mass is 302 g/mol. The van der Waals surface area contributed by atoms with Gasteiger partial charge < -0.3 is 0 Å². The number of unbranched alkanes of at least 4 members (excludes halogenated alkanes) is 1. The maximum absolute atomic E-state index is 12.0. The molecule has 1 heteroatoms. The van der Waals surface area contributed by atoms with Gasteiger partial charge in [-0.25, -0.2) is 0 Å². The number of aryl methyl sites for hydroxylation is 2. The van der Waals surface area contributed by atoms with Gasteiger partial charge in [-0.05, 0) is 80.8 Å². The fraction of sp³-hybridized carbons (Fsp3) is 0.619. The molecule has 122 valence electrons. The summed E-state index contributed by atoms with van der Waals surface area (Å²) in [6, 6.07) is 9.15. The standard InChI is InChI=1S/C21H31F/c1-2-18-7-9-20(10-8-18)15-16-21-13-11-19(12-14-21)6-4-3-5-17-22/h4,6-10,19,21H,2-3,5,11-17H2,1H3/b6-4+/t19-,21-. The Morgan fingerprint density at radius 2 is 1.73 bits per heavy atom. The third kappa shape index (κ3) is 5.94. The van der Waals surface area contributed by atoms with Gasteiger partial charge >= 0.3 is 0 Å². The van der Waals surface area contributed by atoms with Crippen LogP contribution in [0.5, 0.6) is 0 Å². The third-order valence-corrected chi connectivity index (χ3v) is 5.08. The van der Waals surface area contributed by atoms with Gasteiger partial charge in [-0.3, -0.25) is 4.39 Å². The molecule has 1 fully saturated rings. The summed E-state index contributed by atoms with van der Waals surface area (Å²) >= 11 is 0. The summed E-state index contributed by atoms with van der Waals surface area (Å²) in [5, 5.41) is 0. The highest BCUT2D eigenvalue weighted by Crippen LogP contribution is 2.32. The van der Waals surface area contributed by atoms with E-state index in [2.05, 4.69) is 43.3 Å². The highest BCUT2D eigenvalue weighted by atomic mass is 19.1. The zero-order valence-electron chi connectivity index (χ0n) is 14.1. The van der Waals surface area contributed by atoms with E-state index in [1.807, 2.05) is 0 Å². The van der Waals surface area contributed by atoms with Crippen molar-refractivity contribution in [2.45, 2.75) is 64.7 Å². The lowest BCUT2D eigenvalue weighted by atomic mass is 9.79. The zero-order chi connectivity index (χ0) is 15.6. The molecule has 22 heavy (non-hydrogen) atoms. The molecule has 0 aliphatic heterocycles. The van der Waals surface area contributed by atoms with Gasteiger partial charge in [-0.2, -0.15) is 0 Å². The highest BCUT2D eigenvalue weighted by Gasteiger charge is 2.19. The molecule has 0 unspecified atom stereocenters. The average Bonchev–Trinajstić information content (AvgIpc) is 2.58. The van der Waals surface area contributed by atoms with Crippen LogP contribution in [0.4, 0.5) is 4.39 Å². The van der Waals surface area contributed by atoms with Crippen molar-refractivity contribution in [3.05, 3.63) is 47.5 Å². The Labute approximate surface area is 135 Å². The number of rotatable bonds is 8. The number of alkyl halides is 1. The predicted octanol–water partition coefficient (Wildman–Crippen LogP) is 6.29. The largest absolute Gasteiger partial charge is 0.251 e. The summed E-state index contributed by atoms with van der Waals surface area (Å²) < 4.78 is 12.0. The van der Waals surface area contributed by atoms with Gasteiger partial charge in [-0.1, -0.05) is 43.3 Å². The van der Waals surface area contributed by atoms with Crippen LogP contribution < -0.4 is 0 Å². The van der Waals surface area contributed by atoms with Crippen LogP contribution >= 0.6 is 0 Å². The van der Waals surface area contributed by atoms with Gasteiger partial charge in [0.15, 0.2) is 0 Å². The van der Waals surface area contributed by atoms with Gasteiger partial charge in [0.1, 0.15) is 0 Å². The van der Waals surface area contributed by atoms with Crippen LogP contribution in [-0.2, 0) is 12.8 Å². The normalized spacial score (nSPS) is 22.3. The van der Waals surface area contributed by atoms with E-state index in [-0.39, 0.29) is 6.67 Å². The Balaban J connectivity index is 1.65. The predicted molar refractivity (Wildman–Crippen MR) is 93.9 cm³/mol. The molecule has 0 atom stereocenters. The third-order valence-electron chi connectivity index (χ3n) is 5.08. The van der Waals surface area contributed by atoms with Crippen molar-refractivity contribution in [3.63, 3.8) is 0 Å². The Hall–Kier alpha value is -1.11. The average molecular weight is 302 g/mol. The number of hydrogen-bond acceptors (Lipinski definition) is 0. The second-order valence-electron chi connectivity index (χ2n) is 6.75. The summed E-state index contributed by atoms with van der Waals surface area (Å²) in [6.07, 6.45) is 15.2. The molecular weight excluding hydrogens is 271 g/mol. The SMILES string of the molecule is CCc1ccc(CC[C@H]2CC[C@H](/C=C/CCCF)CC2)cc1. The van der Waals surface area contributed by atoms with Crippen LogP contribution in [0, 0.1) is 11.8 Å². The van der Waals surface area contributed by atoms with E-state index >= 15 is 0 Å². The molecule has 1 aromatic carbocycles. The van der Waals surface area contributed by atoms with E-state index in [9.17, 15) is 4.39 Å². The summed E-state index contributed by atoms with van der Waals surface area (Å²) in [4.78, 5) is 0. The minimum absolute atomic E-state index is 0.184. The Morgan fingerprint density at radius 1 is 1.05 bits per heavy atom. The fourth-order valence-corrected chi connectivity index (χ4v) is 3.47. The topological polar surface area (TPSA) is 0 Å². The molecule has 0 saturated heterocycles. The Morgan fingerprint density at radius 3 is 2.36 bits per heavy atom. The molecule has 0 aromatic heterocycles. The van der Waals surface area contributed by atoms with Gasteiger partial charge in [0.25, 0.3) is 0 Å². The lowest BCUT2D eigenvalue weighted by molar-refractivity contribution is 0.296. The van der Waals surface area contributed by atoms with Crippen molar-refractivity contribution in [1.82, 2.24) is 0 Å². The van der Waals surface area contributed by atoms with Crippen molar-refractivity contribution in [1.29, 1.82) is 0 Å². The van der Waals surface area contributed by atoms with Crippen LogP contribution in [0.2, 0.25) is 0 Å². The minimum Gasteiger partial charge on any atom is -0.251 e. The Bertz CT molecular complexity index is 424.